The summed E-state index contributed by atoms with van der Waals surface area (Å²) in [5.41, 5.74) is 0.497. The minimum Gasteiger partial charge on any atom is -0.348 e. The van der Waals surface area contributed by atoms with Crippen molar-refractivity contribution in [3.8, 4) is 0 Å². The zero-order valence-corrected chi connectivity index (χ0v) is 15.3. The number of nitrogens with zero attached hydrogens (tertiary/aromatic N) is 4. The van der Waals surface area contributed by atoms with E-state index in [2.05, 4.69) is 19.9 Å². The first-order valence-corrected chi connectivity index (χ1v) is 8.45. The lowest BCUT2D eigenvalue weighted by Crippen LogP contribution is -2.41. The molecular formula is C17H22N6O3. The van der Waals surface area contributed by atoms with Crippen molar-refractivity contribution in [1.82, 2.24) is 24.8 Å². The van der Waals surface area contributed by atoms with Crippen LogP contribution in [-0.2, 0) is 13.0 Å². The fourth-order valence-corrected chi connectivity index (χ4v) is 2.84. The number of carbonyl (C=O) groups is 1. The van der Waals surface area contributed by atoms with Crippen LogP contribution in [0, 0.1) is 0 Å². The maximum absolute atomic E-state index is 12.8. The molecule has 9 heteroatoms. The van der Waals surface area contributed by atoms with Crippen LogP contribution >= 0.6 is 0 Å². The number of H-pyrrole nitrogens is 2. The van der Waals surface area contributed by atoms with E-state index >= 15 is 0 Å². The Morgan fingerprint density at radius 1 is 1.23 bits per heavy atom. The van der Waals surface area contributed by atoms with Crippen molar-refractivity contribution in [2.24, 2.45) is 0 Å². The topological polar surface area (TPSA) is 115 Å². The van der Waals surface area contributed by atoms with E-state index < -0.39 is 11.5 Å². The molecule has 0 saturated carbocycles. The van der Waals surface area contributed by atoms with Gasteiger partial charge in [-0.25, -0.2) is 9.97 Å². The van der Waals surface area contributed by atoms with Crippen molar-refractivity contribution in [2.75, 3.05) is 25.5 Å². The van der Waals surface area contributed by atoms with Gasteiger partial charge in [0.15, 0.2) is 0 Å². The number of fused-ring (bicyclic) bond motifs is 1. The summed E-state index contributed by atoms with van der Waals surface area (Å²) in [6.07, 6.45) is 1.72. The lowest BCUT2D eigenvalue weighted by Gasteiger charge is -2.28. The molecule has 1 aliphatic rings. The molecule has 3 rings (SSSR count). The van der Waals surface area contributed by atoms with Gasteiger partial charge in [0.05, 0.1) is 12.2 Å². The average molecular weight is 358 g/mol. The Labute approximate surface area is 150 Å². The Morgan fingerprint density at radius 2 is 1.96 bits per heavy atom. The molecule has 0 bridgehead atoms. The van der Waals surface area contributed by atoms with E-state index in [1.807, 2.05) is 13.8 Å². The molecule has 2 aromatic rings. The number of aromatic nitrogens is 4. The molecule has 26 heavy (non-hydrogen) atoms. The Balaban J connectivity index is 1.90. The standard InChI is InChI=1S/C17H22N6O3/c1-9(2)13-18-7-11(15(25)20-13)16(26)23-6-5-10-12(8-23)19-17(22(3)4)21-14(10)24/h7,9H,5-6,8H2,1-4H3,(H,18,20,25)(H,19,21,24). The van der Waals surface area contributed by atoms with Gasteiger partial charge in [-0.05, 0) is 6.42 Å². The first-order valence-electron chi connectivity index (χ1n) is 8.45. The molecule has 0 spiro atoms. The maximum Gasteiger partial charge on any atom is 0.263 e. The molecule has 0 saturated heterocycles. The number of anilines is 1. The first kappa shape index (κ1) is 17.8. The van der Waals surface area contributed by atoms with E-state index in [0.717, 1.165) is 0 Å². The monoisotopic (exact) mass is 358 g/mol. The molecule has 2 aromatic heterocycles. The highest BCUT2D eigenvalue weighted by atomic mass is 16.2. The first-order chi connectivity index (χ1) is 12.3. The average Bonchev–Trinajstić information content (AvgIpc) is 2.60. The second kappa shape index (κ2) is 6.74. The molecule has 3 heterocycles. The highest BCUT2D eigenvalue weighted by Gasteiger charge is 2.27. The fourth-order valence-electron chi connectivity index (χ4n) is 2.84. The van der Waals surface area contributed by atoms with Gasteiger partial charge in [-0.15, -0.1) is 0 Å². The fraction of sp³-hybridized carbons (Fsp3) is 0.471. The lowest BCUT2D eigenvalue weighted by molar-refractivity contribution is 0.0729. The Bertz CT molecular complexity index is 960. The van der Waals surface area contributed by atoms with E-state index in [1.165, 1.54) is 11.1 Å². The number of nitrogens with one attached hydrogen (secondary N) is 2. The zero-order chi connectivity index (χ0) is 19.0. The number of hydrogen-bond acceptors (Lipinski definition) is 6. The Hall–Kier alpha value is -2.97. The summed E-state index contributed by atoms with van der Waals surface area (Å²) < 4.78 is 0. The number of rotatable bonds is 3. The quantitative estimate of drug-likeness (QED) is 0.812. The predicted octanol–water partition coefficient (Wildman–Crippen LogP) is 0.241. The third kappa shape index (κ3) is 3.24. The predicted molar refractivity (Wildman–Crippen MR) is 96.6 cm³/mol. The third-order valence-corrected chi connectivity index (χ3v) is 4.37. The van der Waals surface area contributed by atoms with Gasteiger partial charge in [-0.2, -0.15) is 0 Å². The highest BCUT2D eigenvalue weighted by Crippen LogP contribution is 2.17. The van der Waals surface area contributed by atoms with E-state index in [4.69, 9.17) is 0 Å². The lowest BCUT2D eigenvalue weighted by atomic mass is 10.1. The van der Waals surface area contributed by atoms with Crippen molar-refractivity contribution in [3.05, 3.63) is 49.5 Å². The molecular weight excluding hydrogens is 336 g/mol. The number of aromatic amines is 2. The van der Waals surface area contributed by atoms with Crippen LogP contribution in [0.4, 0.5) is 5.95 Å². The van der Waals surface area contributed by atoms with Gasteiger partial charge in [0.25, 0.3) is 17.0 Å². The molecule has 2 N–H and O–H groups in total. The van der Waals surface area contributed by atoms with E-state index in [0.29, 0.717) is 36.0 Å². The highest BCUT2D eigenvalue weighted by molar-refractivity contribution is 5.93. The Morgan fingerprint density at radius 3 is 2.58 bits per heavy atom. The third-order valence-electron chi connectivity index (χ3n) is 4.37. The molecule has 9 nitrogen and oxygen atoms in total. The van der Waals surface area contributed by atoms with Gasteiger partial charge in [0.1, 0.15) is 11.4 Å². The van der Waals surface area contributed by atoms with Gasteiger partial charge in [-0.3, -0.25) is 19.4 Å². The summed E-state index contributed by atoms with van der Waals surface area (Å²) in [5, 5.41) is 0. The summed E-state index contributed by atoms with van der Waals surface area (Å²) in [7, 11) is 3.55. The second-order valence-corrected chi connectivity index (χ2v) is 6.85. The van der Waals surface area contributed by atoms with Crippen LogP contribution < -0.4 is 16.0 Å². The summed E-state index contributed by atoms with van der Waals surface area (Å²) >= 11 is 0. The normalized spacial score (nSPS) is 13.7. The summed E-state index contributed by atoms with van der Waals surface area (Å²) in [6, 6.07) is 0. The molecule has 0 radical (unpaired) electrons. The molecule has 0 fully saturated rings. The van der Waals surface area contributed by atoms with Crippen LogP contribution in [-0.4, -0.2) is 51.4 Å². The van der Waals surface area contributed by atoms with Gasteiger partial charge < -0.3 is 14.8 Å². The number of amides is 1. The van der Waals surface area contributed by atoms with Gasteiger partial charge in [-0.1, -0.05) is 13.8 Å². The van der Waals surface area contributed by atoms with Crippen LogP contribution in [0.2, 0.25) is 0 Å². The van der Waals surface area contributed by atoms with Crippen LogP contribution in [0.5, 0.6) is 0 Å². The van der Waals surface area contributed by atoms with Gasteiger partial charge in [0, 0.05) is 38.3 Å². The van der Waals surface area contributed by atoms with Crippen molar-refractivity contribution >= 4 is 11.9 Å². The molecule has 0 unspecified atom stereocenters. The molecule has 138 valence electrons. The molecule has 1 aliphatic heterocycles. The minimum absolute atomic E-state index is 0.00414. The molecule has 0 aromatic carbocycles. The van der Waals surface area contributed by atoms with Crippen molar-refractivity contribution in [3.63, 3.8) is 0 Å². The van der Waals surface area contributed by atoms with Crippen molar-refractivity contribution < 1.29 is 4.79 Å². The number of hydrogen-bond donors (Lipinski definition) is 2. The Kier molecular flexibility index (Phi) is 4.62. The van der Waals surface area contributed by atoms with E-state index in [-0.39, 0.29) is 23.6 Å². The number of carbonyl (C=O) groups excluding carboxylic acids is 1. The minimum atomic E-state index is -0.452. The maximum atomic E-state index is 12.8. The van der Waals surface area contributed by atoms with Crippen molar-refractivity contribution in [2.45, 2.75) is 32.7 Å². The second-order valence-electron chi connectivity index (χ2n) is 6.85. The van der Waals surface area contributed by atoms with Crippen LogP contribution in [0.15, 0.2) is 15.8 Å². The van der Waals surface area contributed by atoms with Gasteiger partial charge in [0.2, 0.25) is 5.95 Å². The van der Waals surface area contributed by atoms with E-state index in [1.54, 1.807) is 19.0 Å². The van der Waals surface area contributed by atoms with Crippen LogP contribution in [0.1, 0.15) is 47.2 Å². The van der Waals surface area contributed by atoms with Crippen LogP contribution in [0.3, 0.4) is 0 Å². The molecule has 0 atom stereocenters. The SMILES string of the molecule is CC(C)c1ncc(C(=O)N2CCc3c(nc(N(C)C)[nH]c3=O)C2)c(=O)[nH]1. The smallest absolute Gasteiger partial charge is 0.263 e. The summed E-state index contributed by atoms with van der Waals surface area (Å²) in [5.74, 6) is 0.630. The zero-order valence-electron chi connectivity index (χ0n) is 15.3. The summed E-state index contributed by atoms with van der Waals surface area (Å²) in [4.78, 5) is 54.4. The van der Waals surface area contributed by atoms with Crippen molar-refractivity contribution in [1.29, 1.82) is 0 Å². The van der Waals surface area contributed by atoms with E-state index in [9.17, 15) is 14.4 Å². The largest absolute Gasteiger partial charge is 0.348 e. The molecule has 0 aliphatic carbocycles. The molecule has 1 amide bonds. The summed E-state index contributed by atoms with van der Waals surface area (Å²) in [6.45, 7) is 4.35. The van der Waals surface area contributed by atoms with Crippen LogP contribution in [0.25, 0.3) is 0 Å². The van der Waals surface area contributed by atoms with Gasteiger partial charge >= 0.3 is 0 Å².